The van der Waals surface area contributed by atoms with Gasteiger partial charge in [0.1, 0.15) is 0 Å². The van der Waals surface area contributed by atoms with E-state index in [9.17, 15) is 4.79 Å². The number of nitrogens with one attached hydrogen (secondary N) is 1. The molecule has 0 bridgehead atoms. The van der Waals surface area contributed by atoms with E-state index in [-0.39, 0.29) is 17.9 Å². The quantitative estimate of drug-likeness (QED) is 0.479. The maximum absolute atomic E-state index is 12.2. The van der Waals surface area contributed by atoms with Crippen LogP contribution in [0.3, 0.4) is 0 Å². The van der Waals surface area contributed by atoms with E-state index in [4.69, 9.17) is 11.6 Å². The van der Waals surface area contributed by atoms with Gasteiger partial charge in [0.25, 0.3) is 0 Å². The zero-order chi connectivity index (χ0) is 21.8. The van der Waals surface area contributed by atoms with Crippen LogP contribution in [0.15, 0.2) is 47.6 Å². The fourth-order valence-corrected chi connectivity index (χ4v) is 4.16. The summed E-state index contributed by atoms with van der Waals surface area (Å²) in [5, 5.41) is 13.3. The molecule has 3 aromatic rings. The lowest BCUT2D eigenvalue weighted by Crippen LogP contribution is -2.31. The van der Waals surface area contributed by atoms with Gasteiger partial charge in [-0.3, -0.25) is 9.36 Å². The van der Waals surface area contributed by atoms with Gasteiger partial charge in [0.05, 0.1) is 11.7 Å². The first-order valence-corrected chi connectivity index (χ1v) is 11.3. The van der Waals surface area contributed by atoms with E-state index in [0.717, 1.165) is 22.2 Å². The second-order valence-corrected chi connectivity index (χ2v) is 9.15. The topological polar surface area (TPSA) is 59.8 Å². The van der Waals surface area contributed by atoms with Crippen LogP contribution < -0.4 is 5.32 Å². The summed E-state index contributed by atoms with van der Waals surface area (Å²) in [5.41, 5.74) is 4.42. The maximum atomic E-state index is 12.2. The Morgan fingerprint density at radius 3 is 2.60 bits per heavy atom. The fourth-order valence-electron chi connectivity index (χ4n) is 3.10. The van der Waals surface area contributed by atoms with E-state index in [2.05, 4.69) is 46.7 Å². The molecule has 0 aliphatic rings. The van der Waals surface area contributed by atoms with E-state index in [1.165, 1.54) is 11.1 Å². The predicted octanol–water partition coefficient (Wildman–Crippen LogP) is 5.66. The molecule has 0 radical (unpaired) electrons. The summed E-state index contributed by atoms with van der Waals surface area (Å²) in [6.45, 7) is 9.79. The molecule has 1 heterocycles. The van der Waals surface area contributed by atoms with Crippen LogP contribution in [-0.4, -0.2) is 20.7 Å². The summed E-state index contributed by atoms with van der Waals surface area (Å²) >= 11 is 7.92. The Kier molecular flexibility index (Phi) is 7.21. The molecule has 5 nitrogen and oxygen atoms in total. The number of hydrogen-bond donors (Lipinski definition) is 1. The van der Waals surface area contributed by atoms with Crippen molar-refractivity contribution in [2.45, 2.75) is 51.6 Å². The fraction of sp³-hybridized carbons (Fsp3) is 0.348. The average Bonchev–Trinajstić information content (AvgIpc) is 3.12. The molecule has 1 amide bonds. The molecule has 0 fully saturated rings. The molecule has 1 unspecified atom stereocenters. The summed E-state index contributed by atoms with van der Waals surface area (Å²) in [5.74, 6) is 1.33. The Labute approximate surface area is 187 Å². The normalized spacial score (nSPS) is 12.2. The van der Waals surface area contributed by atoms with Gasteiger partial charge in [0.15, 0.2) is 11.0 Å². The number of hydrogen-bond acceptors (Lipinski definition) is 4. The van der Waals surface area contributed by atoms with Gasteiger partial charge in [-0.05, 0) is 44.0 Å². The molecule has 1 N–H and O–H groups in total. The molecule has 2 aromatic carbocycles. The highest BCUT2D eigenvalue weighted by Gasteiger charge is 2.23. The first-order valence-electron chi connectivity index (χ1n) is 9.96. The number of nitrogens with zero attached hydrogens (tertiary/aromatic N) is 3. The van der Waals surface area contributed by atoms with Crippen LogP contribution in [0.4, 0.5) is 0 Å². The van der Waals surface area contributed by atoms with Crippen molar-refractivity contribution in [1.82, 2.24) is 20.1 Å². The monoisotopic (exact) mass is 442 g/mol. The summed E-state index contributed by atoms with van der Waals surface area (Å²) < 4.78 is 2.01. The smallest absolute Gasteiger partial charge is 0.223 e. The number of halogens is 1. The van der Waals surface area contributed by atoms with Crippen molar-refractivity contribution in [2.24, 2.45) is 5.92 Å². The van der Waals surface area contributed by atoms with Crippen LogP contribution in [0.1, 0.15) is 49.3 Å². The van der Waals surface area contributed by atoms with Crippen LogP contribution in [0.2, 0.25) is 5.02 Å². The van der Waals surface area contributed by atoms with Crippen molar-refractivity contribution in [2.75, 3.05) is 0 Å². The first-order chi connectivity index (χ1) is 14.3. The summed E-state index contributed by atoms with van der Waals surface area (Å²) in [4.78, 5) is 12.2. The third-order valence-electron chi connectivity index (χ3n) is 4.79. The van der Waals surface area contributed by atoms with Crippen molar-refractivity contribution < 1.29 is 4.79 Å². The molecule has 158 valence electrons. The molecule has 0 saturated heterocycles. The Hall–Kier alpha value is -2.31. The van der Waals surface area contributed by atoms with Crippen LogP contribution >= 0.6 is 23.4 Å². The van der Waals surface area contributed by atoms with Gasteiger partial charge in [-0.2, -0.15) is 0 Å². The number of carbonyl (C=O) groups is 1. The maximum Gasteiger partial charge on any atom is 0.223 e. The minimum absolute atomic E-state index is 0.0196. The van der Waals surface area contributed by atoms with Crippen LogP contribution in [0.5, 0.6) is 0 Å². The van der Waals surface area contributed by atoms with Crippen molar-refractivity contribution in [3.05, 3.63) is 70.0 Å². The van der Waals surface area contributed by atoms with Gasteiger partial charge >= 0.3 is 0 Å². The molecule has 30 heavy (non-hydrogen) atoms. The molecular weight excluding hydrogens is 416 g/mol. The molecule has 3 rings (SSSR count). The van der Waals surface area contributed by atoms with Crippen molar-refractivity contribution in [3.8, 4) is 5.69 Å². The highest BCUT2D eigenvalue weighted by Crippen LogP contribution is 2.30. The zero-order valence-electron chi connectivity index (χ0n) is 17.9. The summed E-state index contributed by atoms with van der Waals surface area (Å²) in [6.07, 6.45) is 0. The van der Waals surface area contributed by atoms with Gasteiger partial charge in [-0.1, -0.05) is 73.1 Å². The molecule has 0 saturated carbocycles. The Balaban J connectivity index is 1.99. The lowest BCUT2D eigenvalue weighted by Gasteiger charge is -2.18. The molecule has 0 aliphatic carbocycles. The average molecular weight is 443 g/mol. The molecule has 7 heteroatoms. The minimum atomic E-state index is -0.292. The Morgan fingerprint density at radius 1 is 1.13 bits per heavy atom. The summed E-state index contributed by atoms with van der Waals surface area (Å²) in [6, 6.07) is 13.9. The predicted molar refractivity (Wildman–Crippen MR) is 123 cm³/mol. The number of aromatic nitrogens is 3. The second-order valence-electron chi connectivity index (χ2n) is 7.77. The first kappa shape index (κ1) is 22.4. The zero-order valence-corrected chi connectivity index (χ0v) is 19.5. The van der Waals surface area contributed by atoms with Gasteiger partial charge in [-0.15, -0.1) is 10.2 Å². The van der Waals surface area contributed by atoms with Crippen LogP contribution in [0, 0.1) is 19.8 Å². The number of rotatable bonds is 7. The van der Waals surface area contributed by atoms with E-state index in [1.807, 2.05) is 50.5 Å². The van der Waals surface area contributed by atoms with E-state index in [0.29, 0.717) is 10.8 Å². The molecule has 0 aliphatic heterocycles. The number of carbonyl (C=O) groups excluding carboxylic acids is 1. The number of amides is 1. The number of thioether (sulfide) groups is 1. The largest absolute Gasteiger partial charge is 0.346 e. The van der Waals surface area contributed by atoms with Gasteiger partial charge < -0.3 is 5.32 Å². The van der Waals surface area contributed by atoms with Crippen LogP contribution in [0.25, 0.3) is 5.69 Å². The Morgan fingerprint density at radius 2 is 1.90 bits per heavy atom. The standard InChI is InChI=1S/C23H27ClN4OS/c1-14(2)22(29)25-17(5)21-26-27-23(30-13-18-8-6-7-15(3)11-18)28(21)20-12-19(24)10-9-16(20)4/h6-12,14,17H,13H2,1-5H3,(H,25,29). The molecule has 1 atom stereocenters. The van der Waals surface area contributed by atoms with Gasteiger partial charge in [0, 0.05) is 16.7 Å². The second kappa shape index (κ2) is 9.67. The summed E-state index contributed by atoms with van der Waals surface area (Å²) in [7, 11) is 0. The third kappa shape index (κ3) is 5.24. The van der Waals surface area contributed by atoms with Gasteiger partial charge in [-0.25, -0.2) is 0 Å². The van der Waals surface area contributed by atoms with Crippen LogP contribution in [-0.2, 0) is 10.5 Å². The van der Waals surface area contributed by atoms with E-state index in [1.54, 1.807) is 11.8 Å². The van der Waals surface area contributed by atoms with Crippen molar-refractivity contribution in [1.29, 1.82) is 0 Å². The Bertz CT molecular complexity index is 1050. The number of aryl methyl sites for hydroxylation is 2. The lowest BCUT2D eigenvalue weighted by atomic mass is 10.1. The number of benzene rings is 2. The highest BCUT2D eigenvalue weighted by atomic mass is 35.5. The SMILES string of the molecule is Cc1cccc(CSc2nnc(C(C)NC(=O)C(C)C)n2-c2cc(Cl)ccc2C)c1. The van der Waals surface area contributed by atoms with E-state index < -0.39 is 0 Å². The molecule has 1 aromatic heterocycles. The van der Waals surface area contributed by atoms with E-state index >= 15 is 0 Å². The molecule has 0 spiro atoms. The highest BCUT2D eigenvalue weighted by molar-refractivity contribution is 7.98. The minimum Gasteiger partial charge on any atom is -0.346 e. The third-order valence-corrected chi connectivity index (χ3v) is 6.03. The van der Waals surface area contributed by atoms with Gasteiger partial charge in [0.2, 0.25) is 5.91 Å². The molecular formula is C23H27ClN4OS. The van der Waals surface area contributed by atoms with Crippen molar-refractivity contribution >= 4 is 29.3 Å². The van der Waals surface area contributed by atoms with Crippen molar-refractivity contribution in [3.63, 3.8) is 0 Å². The lowest BCUT2D eigenvalue weighted by molar-refractivity contribution is -0.124.